The van der Waals surface area contributed by atoms with Crippen LogP contribution in [0.1, 0.15) is 77.0 Å². The smallest absolute Gasteiger partial charge is 0.306 e. The maximum Gasteiger partial charge on any atom is 0.306 e. The van der Waals surface area contributed by atoms with Gasteiger partial charge in [-0.05, 0) is 25.7 Å². The van der Waals surface area contributed by atoms with Crippen LogP contribution in [0, 0.1) is 11.8 Å². The maximum atomic E-state index is 10.5. The molecule has 2 N–H and O–H groups in total. The van der Waals surface area contributed by atoms with Crippen LogP contribution in [0.5, 0.6) is 0 Å². The normalized spacial score (nSPS) is 21.0. The summed E-state index contributed by atoms with van der Waals surface area (Å²) in [4.78, 5) is 21.0. The maximum absolute atomic E-state index is 10.5. The Labute approximate surface area is 147 Å². The number of rotatable bonds is 2. The summed E-state index contributed by atoms with van der Waals surface area (Å²) in [7, 11) is 0. The van der Waals surface area contributed by atoms with E-state index in [-0.39, 0.29) is 39.1 Å². The first-order valence-corrected chi connectivity index (χ1v) is 8.07. The summed E-state index contributed by atoms with van der Waals surface area (Å²) in [5.74, 6) is -1.27. The Morgan fingerprint density at radius 2 is 0.810 bits per heavy atom. The molecule has 4 nitrogen and oxygen atoms in total. The molecule has 0 spiro atoms. The van der Waals surface area contributed by atoms with Crippen molar-refractivity contribution in [3.63, 3.8) is 0 Å². The molecular weight excluding hydrogens is 369 g/mol. The van der Waals surface area contributed by atoms with Crippen LogP contribution in [-0.4, -0.2) is 22.2 Å². The van der Waals surface area contributed by atoms with Crippen molar-refractivity contribution in [2.75, 3.05) is 0 Å². The van der Waals surface area contributed by atoms with Crippen LogP contribution in [0.4, 0.5) is 0 Å². The number of carboxylic acid groups (broad SMARTS) is 2. The molecule has 2 aliphatic carbocycles. The Kier molecular flexibility index (Phi) is 12.3. The predicted octanol–water partition coefficient (Wildman–Crippen LogP) is 4.08. The van der Waals surface area contributed by atoms with E-state index >= 15 is 0 Å². The van der Waals surface area contributed by atoms with E-state index in [1.54, 1.807) is 0 Å². The summed E-state index contributed by atoms with van der Waals surface area (Å²) < 4.78 is 0. The zero-order valence-electron chi connectivity index (χ0n) is 13.1. The summed E-state index contributed by atoms with van der Waals surface area (Å²) >= 11 is 0. The molecule has 2 fully saturated rings. The van der Waals surface area contributed by atoms with Crippen LogP contribution in [0.15, 0.2) is 0 Å². The van der Waals surface area contributed by atoms with Crippen LogP contribution >= 0.6 is 0 Å². The Hall–Kier alpha value is -0.138. The van der Waals surface area contributed by atoms with Crippen LogP contribution in [0.25, 0.3) is 0 Å². The number of hydrogen-bond acceptors (Lipinski definition) is 2. The Bertz CT molecular complexity index is 261. The second kappa shape index (κ2) is 12.4. The van der Waals surface area contributed by atoms with Crippen LogP contribution in [0.3, 0.4) is 0 Å². The summed E-state index contributed by atoms with van der Waals surface area (Å²) in [5.41, 5.74) is 0. The average Bonchev–Trinajstić information content (AvgIpc) is 2.84. The topological polar surface area (TPSA) is 74.6 Å². The van der Waals surface area contributed by atoms with Gasteiger partial charge in [-0.15, -0.1) is 0 Å². The third-order valence-corrected chi connectivity index (χ3v) is 4.41. The summed E-state index contributed by atoms with van der Waals surface area (Å²) in [6.07, 6.45) is 12.9. The first kappa shape index (κ1) is 20.9. The molecule has 2 rings (SSSR count). The fraction of sp³-hybridized carbons (Fsp3) is 0.875. The van der Waals surface area contributed by atoms with Gasteiger partial charge in [0.25, 0.3) is 0 Å². The molecule has 0 saturated heterocycles. The minimum atomic E-state index is -0.595. The van der Waals surface area contributed by atoms with Crippen molar-refractivity contribution >= 4 is 11.9 Å². The minimum absolute atomic E-state index is 0. The van der Waals surface area contributed by atoms with Gasteiger partial charge in [0.2, 0.25) is 0 Å². The van der Waals surface area contributed by atoms with Crippen molar-refractivity contribution < 1.29 is 47.1 Å². The van der Waals surface area contributed by atoms with Gasteiger partial charge >= 0.3 is 11.9 Å². The monoisotopic (exact) mass is 398 g/mol. The zero-order chi connectivity index (χ0) is 14.8. The number of carbonyl (C=O) groups is 2. The third-order valence-electron chi connectivity index (χ3n) is 4.41. The molecule has 5 heteroatoms. The Morgan fingerprint density at radius 3 is 1.00 bits per heavy atom. The van der Waals surface area contributed by atoms with Gasteiger partial charge in [0, 0.05) is 27.3 Å². The number of aliphatic carboxylic acids is 2. The van der Waals surface area contributed by atoms with Crippen LogP contribution < -0.4 is 0 Å². The Morgan fingerprint density at radius 1 is 0.571 bits per heavy atom. The minimum Gasteiger partial charge on any atom is -0.481 e. The van der Waals surface area contributed by atoms with Gasteiger partial charge in [-0.2, -0.15) is 0 Å². The van der Waals surface area contributed by atoms with Gasteiger partial charge in [-0.3, -0.25) is 9.59 Å². The van der Waals surface area contributed by atoms with Crippen molar-refractivity contribution in [1.29, 1.82) is 0 Å². The molecule has 21 heavy (non-hydrogen) atoms. The summed E-state index contributed by atoms with van der Waals surface area (Å²) in [6.45, 7) is 0. The molecule has 2 aliphatic rings. The Balaban J connectivity index is 0.000000364. The molecular formula is C16H28CdO4. The third kappa shape index (κ3) is 9.47. The molecule has 0 unspecified atom stereocenters. The molecule has 118 valence electrons. The molecule has 0 aliphatic heterocycles. The second-order valence-electron chi connectivity index (χ2n) is 6.05. The van der Waals surface area contributed by atoms with Crippen molar-refractivity contribution in [2.24, 2.45) is 11.8 Å². The number of carboxylic acids is 2. The van der Waals surface area contributed by atoms with Crippen molar-refractivity contribution in [2.45, 2.75) is 77.0 Å². The summed E-state index contributed by atoms with van der Waals surface area (Å²) in [6, 6.07) is 0. The molecule has 0 aromatic heterocycles. The SMILES string of the molecule is O=C(O)C1CCCCCC1.O=C(O)C1CCCCCC1.[Cd]. The fourth-order valence-electron chi connectivity index (χ4n) is 3.05. The molecule has 0 aromatic rings. The molecule has 0 amide bonds. The predicted molar refractivity (Wildman–Crippen MR) is 77.7 cm³/mol. The van der Waals surface area contributed by atoms with E-state index in [4.69, 9.17) is 10.2 Å². The van der Waals surface area contributed by atoms with Gasteiger partial charge in [0.15, 0.2) is 0 Å². The summed E-state index contributed by atoms with van der Waals surface area (Å²) in [5, 5.41) is 17.3. The van der Waals surface area contributed by atoms with Gasteiger partial charge in [-0.1, -0.05) is 51.4 Å². The van der Waals surface area contributed by atoms with Gasteiger partial charge < -0.3 is 10.2 Å². The van der Waals surface area contributed by atoms with Crippen molar-refractivity contribution in [3.8, 4) is 0 Å². The van der Waals surface area contributed by atoms with Crippen molar-refractivity contribution in [1.82, 2.24) is 0 Å². The van der Waals surface area contributed by atoms with E-state index < -0.39 is 11.9 Å². The van der Waals surface area contributed by atoms with E-state index in [1.807, 2.05) is 0 Å². The molecule has 0 bridgehead atoms. The van der Waals surface area contributed by atoms with Gasteiger partial charge in [0.1, 0.15) is 0 Å². The first-order chi connectivity index (χ1) is 9.61. The van der Waals surface area contributed by atoms with E-state index in [1.165, 1.54) is 25.7 Å². The standard InChI is InChI=1S/2C8H14O2.Cd/c2*9-8(10)7-5-3-1-2-4-6-7;/h2*7H,1-6H2,(H,9,10);. The van der Waals surface area contributed by atoms with Gasteiger partial charge in [-0.25, -0.2) is 0 Å². The molecule has 0 aromatic carbocycles. The molecule has 0 heterocycles. The molecule has 0 atom stereocenters. The van der Waals surface area contributed by atoms with E-state index in [0.717, 1.165) is 51.4 Å². The molecule has 2 saturated carbocycles. The number of hydrogen-bond donors (Lipinski definition) is 2. The molecule has 0 radical (unpaired) electrons. The quantitative estimate of drug-likeness (QED) is 0.545. The average molecular weight is 397 g/mol. The van der Waals surface area contributed by atoms with E-state index in [2.05, 4.69) is 0 Å². The van der Waals surface area contributed by atoms with Crippen molar-refractivity contribution in [3.05, 3.63) is 0 Å². The first-order valence-electron chi connectivity index (χ1n) is 8.07. The fourth-order valence-corrected chi connectivity index (χ4v) is 3.05. The zero-order valence-corrected chi connectivity index (χ0v) is 17.1. The van der Waals surface area contributed by atoms with E-state index in [0.29, 0.717) is 0 Å². The van der Waals surface area contributed by atoms with Crippen LogP contribution in [-0.2, 0) is 36.9 Å². The van der Waals surface area contributed by atoms with E-state index in [9.17, 15) is 9.59 Å². The largest absolute Gasteiger partial charge is 0.481 e. The van der Waals surface area contributed by atoms with Crippen LogP contribution in [0.2, 0.25) is 0 Å². The van der Waals surface area contributed by atoms with Gasteiger partial charge in [0.05, 0.1) is 11.8 Å². The second-order valence-corrected chi connectivity index (χ2v) is 6.05.